The van der Waals surface area contributed by atoms with Crippen molar-refractivity contribution >= 4 is 0 Å². The van der Waals surface area contributed by atoms with E-state index < -0.39 is 5.54 Å². The van der Waals surface area contributed by atoms with Gasteiger partial charge in [-0.2, -0.15) is 4.98 Å². The first-order valence-electron chi connectivity index (χ1n) is 7.29. The van der Waals surface area contributed by atoms with Crippen LogP contribution in [-0.2, 0) is 10.3 Å². The number of benzene rings is 1. The van der Waals surface area contributed by atoms with Crippen molar-refractivity contribution in [1.29, 1.82) is 0 Å². The van der Waals surface area contributed by atoms with Gasteiger partial charge < -0.3 is 15.0 Å². The van der Waals surface area contributed by atoms with Crippen LogP contribution in [0.15, 0.2) is 34.9 Å². The van der Waals surface area contributed by atoms with Crippen molar-refractivity contribution in [1.82, 2.24) is 10.1 Å². The summed E-state index contributed by atoms with van der Waals surface area (Å²) in [7, 11) is 0. The fourth-order valence-electron chi connectivity index (χ4n) is 2.91. The molecule has 2 unspecified atom stereocenters. The molecule has 0 amide bonds. The summed E-state index contributed by atoms with van der Waals surface area (Å²) in [4.78, 5) is 4.51. The zero-order chi connectivity index (χ0) is 15.1. The summed E-state index contributed by atoms with van der Waals surface area (Å²) >= 11 is 0. The highest BCUT2D eigenvalue weighted by molar-refractivity contribution is 5.53. The lowest BCUT2D eigenvalue weighted by Gasteiger charge is -2.56. The first-order chi connectivity index (χ1) is 9.99. The van der Waals surface area contributed by atoms with E-state index in [1.165, 1.54) is 0 Å². The zero-order valence-electron chi connectivity index (χ0n) is 12.7. The Morgan fingerprint density at radius 2 is 2.05 bits per heavy atom. The Labute approximate surface area is 124 Å². The van der Waals surface area contributed by atoms with Crippen molar-refractivity contribution in [3.8, 4) is 11.4 Å². The van der Waals surface area contributed by atoms with Gasteiger partial charge in [0.2, 0.25) is 11.7 Å². The van der Waals surface area contributed by atoms with Gasteiger partial charge in [0.1, 0.15) is 5.54 Å². The molecule has 5 heteroatoms. The highest BCUT2D eigenvalue weighted by atomic mass is 16.5. The van der Waals surface area contributed by atoms with E-state index in [-0.39, 0.29) is 11.5 Å². The number of aromatic nitrogens is 2. The fraction of sp³-hybridized carbons (Fsp3) is 0.500. The summed E-state index contributed by atoms with van der Waals surface area (Å²) in [6, 6.07) is 9.75. The molecule has 3 rings (SSSR count). The van der Waals surface area contributed by atoms with Crippen LogP contribution in [0.2, 0.25) is 0 Å². The van der Waals surface area contributed by atoms with Gasteiger partial charge in [-0.3, -0.25) is 0 Å². The molecule has 0 bridgehead atoms. The number of nitrogens with two attached hydrogens (primary N) is 1. The van der Waals surface area contributed by atoms with Crippen LogP contribution in [0.25, 0.3) is 11.4 Å². The molecular formula is C16H21N3O2. The Morgan fingerprint density at radius 3 is 2.67 bits per heavy atom. The van der Waals surface area contributed by atoms with Gasteiger partial charge in [0, 0.05) is 24.0 Å². The lowest BCUT2D eigenvalue weighted by atomic mass is 9.54. The number of rotatable bonds is 4. The molecular weight excluding hydrogens is 266 g/mol. The monoisotopic (exact) mass is 287 g/mol. The van der Waals surface area contributed by atoms with Gasteiger partial charge in [-0.15, -0.1) is 0 Å². The van der Waals surface area contributed by atoms with Crippen molar-refractivity contribution in [2.24, 2.45) is 11.1 Å². The maximum atomic E-state index is 6.54. The van der Waals surface area contributed by atoms with Crippen molar-refractivity contribution in [3.63, 3.8) is 0 Å². The quantitative estimate of drug-likeness (QED) is 0.936. The molecule has 0 spiro atoms. The topological polar surface area (TPSA) is 74.2 Å². The van der Waals surface area contributed by atoms with E-state index in [1.807, 2.05) is 37.3 Å². The zero-order valence-corrected chi connectivity index (χ0v) is 12.7. The number of hydrogen-bond donors (Lipinski definition) is 1. The lowest BCUT2D eigenvalue weighted by Crippen LogP contribution is -2.67. The predicted octanol–water partition coefficient (Wildman–Crippen LogP) is 2.73. The molecule has 0 saturated heterocycles. The highest BCUT2D eigenvalue weighted by Crippen LogP contribution is 2.55. The molecule has 2 atom stereocenters. The first-order valence-corrected chi connectivity index (χ1v) is 7.29. The third-order valence-corrected chi connectivity index (χ3v) is 4.67. The first kappa shape index (κ1) is 14.2. The average Bonchev–Trinajstić information content (AvgIpc) is 2.98. The van der Waals surface area contributed by atoms with Crippen LogP contribution in [0.3, 0.4) is 0 Å². The molecule has 1 fully saturated rings. The van der Waals surface area contributed by atoms with Crippen LogP contribution in [0.4, 0.5) is 0 Å². The Kier molecular flexibility index (Phi) is 3.34. The van der Waals surface area contributed by atoms with Crippen LogP contribution in [0.1, 0.15) is 33.1 Å². The number of nitrogens with zero attached hydrogens (tertiary/aromatic N) is 2. The smallest absolute Gasteiger partial charge is 0.247 e. The average molecular weight is 287 g/mol. The molecule has 2 N–H and O–H groups in total. The standard InChI is InChI=1S/C16H21N3O2/c1-4-20-12-10-16(17,15(12,2)3)14-18-13(19-21-14)11-8-6-5-7-9-11/h5-9,12H,4,10,17H2,1-3H3. The molecule has 5 nitrogen and oxygen atoms in total. The van der Waals surface area contributed by atoms with Crippen LogP contribution < -0.4 is 5.73 Å². The third-order valence-electron chi connectivity index (χ3n) is 4.67. The molecule has 21 heavy (non-hydrogen) atoms. The summed E-state index contributed by atoms with van der Waals surface area (Å²) < 4.78 is 11.2. The van der Waals surface area contributed by atoms with E-state index in [1.54, 1.807) is 0 Å². The molecule has 0 aliphatic heterocycles. The predicted molar refractivity (Wildman–Crippen MR) is 79.4 cm³/mol. The maximum Gasteiger partial charge on any atom is 0.247 e. The van der Waals surface area contributed by atoms with Crippen LogP contribution in [0.5, 0.6) is 0 Å². The second-order valence-electron chi connectivity index (χ2n) is 6.13. The fourth-order valence-corrected chi connectivity index (χ4v) is 2.91. The van der Waals surface area contributed by atoms with Gasteiger partial charge in [-0.25, -0.2) is 0 Å². The summed E-state index contributed by atoms with van der Waals surface area (Å²) in [5.41, 5.74) is 6.60. The van der Waals surface area contributed by atoms with E-state index >= 15 is 0 Å². The van der Waals surface area contributed by atoms with Crippen LogP contribution in [-0.4, -0.2) is 22.9 Å². The van der Waals surface area contributed by atoms with E-state index in [0.717, 1.165) is 5.56 Å². The maximum absolute atomic E-state index is 6.54. The van der Waals surface area contributed by atoms with Gasteiger partial charge in [-0.05, 0) is 6.92 Å². The molecule has 1 saturated carbocycles. The Morgan fingerprint density at radius 1 is 1.33 bits per heavy atom. The van der Waals surface area contributed by atoms with Crippen LogP contribution in [0, 0.1) is 5.41 Å². The van der Waals surface area contributed by atoms with Crippen molar-refractivity contribution < 1.29 is 9.26 Å². The minimum absolute atomic E-state index is 0.125. The second kappa shape index (κ2) is 4.93. The number of ether oxygens (including phenoxy) is 1. The van der Waals surface area contributed by atoms with E-state index in [4.69, 9.17) is 15.0 Å². The molecule has 1 heterocycles. The Hall–Kier alpha value is -1.72. The van der Waals surface area contributed by atoms with Crippen molar-refractivity contribution in [2.45, 2.75) is 38.8 Å². The lowest BCUT2D eigenvalue weighted by molar-refractivity contribution is -0.162. The molecule has 1 aliphatic rings. The summed E-state index contributed by atoms with van der Waals surface area (Å²) in [5.74, 6) is 1.06. The SMILES string of the molecule is CCOC1CC(N)(c2nc(-c3ccccc3)no2)C1(C)C. The molecule has 1 aliphatic carbocycles. The minimum Gasteiger partial charge on any atom is -0.378 e. The van der Waals surface area contributed by atoms with E-state index in [2.05, 4.69) is 24.0 Å². The molecule has 112 valence electrons. The molecule has 0 radical (unpaired) electrons. The minimum atomic E-state index is -0.632. The van der Waals surface area contributed by atoms with Gasteiger partial charge in [0.15, 0.2) is 0 Å². The van der Waals surface area contributed by atoms with Gasteiger partial charge in [0.05, 0.1) is 6.10 Å². The molecule has 1 aromatic carbocycles. The van der Waals surface area contributed by atoms with Crippen LogP contribution >= 0.6 is 0 Å². The summed E-state index contributed by atoms with van der Waals surface area (Å²) in [6.07, 6.45) is 0.823. The van der Waals surface area contributed by atoms with Gasteiger partial charge >= 0.3 is 0 Å². The third kappa shape index (κ3) is 2.08. The highest BCUT2D eigenvalue weighted by Gasteiger charge is 2.62. The molecule has 1 aromatic heterocycles. The van der Waals surface area contributed by atoms with Gasteiger partial charge in [-0.1, -0.05) is 49.3 Å². The second-order valence-corrected chi connectivity index (χ2v) is 6.13. The summed E-state index contributed by atoms with van der Waals surface area (Å²) in [5, 5.41) is 4.06. The van der Waals surface area contributed by atoms with Gasteiger partial charge in [0.25, 0.3) is 0 Å². The van der Waals surface area contributed by atoms with E-state index in [0.29, 0.717) is 24.7 Å². The summed E-state index contributed by atoms with van der Waals surface area (Å²) in [6.45, 7) is 6.85. The molecule has 2 aromatic rings. The Balaban J connectivity index is 1.87. The number of hydrogen-bond acceptors (Lipinski definition) is 5. The van der Waals surface area contributed by atoms with E-state index in [9.17, 15) is 0 Å². The van der Waals surface area contributed by atoms with Crippen molar-refractivity contribution in [2.75, 3.05) is 6.61 Å². The van der Waals surface area contributed by atoms with Crippen molar-refractivity contribution in [3.05, 3.63) is 36.2 Å². The largest absolute Gasteiger partial charge is 0.378 e. The normalized spacial score (nSPS) is 27.3. The Bertz CT molecular complexity index is 623.